The average Bonchev–Trinajstić information content (AvgIpc) is 3.02. The van der Waals surface area contributed by atoms with E-state index in [0.29, 0.717) is 19.5 Å². The fourth-order valence-electron chi connectivity index (χ4n) is 3.46. The highest BCUT2D eigenvalue weighted by Gasteiger charge is 2.52. The van der Waals surface area contributed by atoms with Crippen molar-refractivity contribution in [3.8, 4) is 0 Å². The van der Waals surface area contributed by atoms with E-state index in [1.54, 1.807) is 4.90 Å². The van der Waals surface area contributed by atoms with Gasteiger partial charge in [-0.05, 0) is 33.1 Å². The highest BCUT2D eigenvalue weighted by Crippen LogP contribution is 2.42. The summed E-state index contributed by atoms with van der Waals surface area (Å²) in [6.45, 7) is 4.64. The van der Waals surface area contributed by atoms with Crippen LogP contribution in [0, 0.1) is 5.92 Å². The molecule has 0 aliphatic carbocycles. The highest BCUT2D eigenvalue weighted by molar-refractivity contribution is 5.85. The third kappa shape index (κ3) is 2.96. The summed E-state index contributed by atoms with van der Waals surface area (Å²) < 4.78 is 0. The third-order valence-corrected chi connectivity index (χ3v) is 4.44. The number of nitrogens with one attached hydrogen (secondary N) is 1. The minimum Gasteiger partial charge on any atom is -0.481 e. The van der Waals surface area contributed by atoms with Gasteiger partial charge in [0.05, 0.1) is 5.92 Å². The van der Waals surface area contributed by atoms with Crippen molar-refractivity contribution < 1.29 is 19.5 Å². The Hall–Kier alpha value is -1.79. The lowest BCUT2D eigenvalue weighted by atomic mass is 9.89. The number of carbonyl (C=O) groups is 3. The molecule has 7 nitrogen and oxygen atoms in total. The largest absolute Gasteiger partial charge is 0.481 e. The van der Waals surface area contributed by atoms with Crippen molar-refractivity contribution in [1.82, 2.24) is 15.1 Å². The lowest BCUT2D eigenvalue weighted by molar-refractivity contribution is -0.142. The van der Waals surface area contributed by atoms with E-state index in [1.807, 2.05) is 13.8 Å². The van der Waals surface area contributed by atoms with Crippen molar-refractivity contribution in [2.45, 2.75) is 45.2 Å². The molecule has 2 rings (SSSR count). The molecule has 0 aromatic carbocycles. The number of nitrogens with zero attached hydrogens (tertiary/aromatic N) is 2. The average molecular weight is 297 g/mol. The van der Waals surface area contributed by atoms with Crippen molar-refractivity contribution >= 4 is 17.9 Å². The second-order valence-corrected chi connectivity index (χ2v) is 5.64. The first-order valence-corrected chi connectivity index (χ1v) is 7.56. The van der Waals surface area contributed by atoms with Crippen LogP contribution in [0.4, 0.5) is 4.79 Å². The van der Waals surface area contributed by atoms with E-state index in [2.05, 4.69) is 5.32 Å². The summed E-state index contributed by atoms with van der Waals surface area (Å²) in [5.74, 6) is -1.48. The zero-order chi connectivity index (χ0) is 15.6. The predicted octanol–water partition coefficient (Wildman–Crippen LogP) is 0.502. The van der Waals surface area contributed by atoms with Gasteiger partial charge < -0.3 is 20.2 Å². The summed E-state index contributed by atoms with van der Waals surface area (Å²) in [4.78, 5) is 38.7. The summed E-state index contributed by atoms with van der Waals surface area (Å²) in [6, 6.07) is -0.421. The fourth-order valence-corrected chi connectivity index (χ4v) is 3.46. The molecule has 0 saturated carbocycles. The Morgan fingerprint density at radius 1 is 1.29 bits per heavy atom. The first-order chi connectivity index (χ1) is 9.99. The van der Waals surface area contributed by atoms with Crippen molar-refractivity contribution in [2.24, 2.45) is 5.92 Å². The number of hydrogen-bond donors (Lipinski definition) is 2. The topological polar surface area (TPSA) is 90.0 Å². The number of carboxylic acid groups (broad SMARTS) is 1. The summed E-state index contributed by atoms with van der Waals surface area (Å²) in [7, 11) is 0. The molecule has 118 valence electrons. The Bertz CT molecular complexity index is 440. The van der Waals surface area contributed by atoms with Gasteiger partial charge in [-0.25, -0.2) is 4.79 Å². The number of aliphatic carboxylic acids is 1. The van der Waals surface area contributed by atoms with Gasteiger partial charge in [-0.2, -0.15) is 0 Å². The van der Waals surface area contributed by atoms with Gasteiger partial charge in [-0.3, -0.25) is 9.59 Å². The molecule has 3 unspecified atom stereocenters. The van der Waals surface area contributed by atoms with Gasteiger partial charge in [-0.15, -0.1) is 0 Å². The molecule has 3 amide bonds. The van der Waals surface area contributed by atoms with Crippen LogP contribution in [-0.4, -0.2) is 64.5 Å². The first-order valence-electron chi connectivity index (χ1n) is 7.56. The van der Waals surface area contributed by atoms with Crippen molar-refractivity contribution in [3.05, 3.63) is 0 Å². The van der Waals surface area contributed by atoms with Crippen LogP contribution in [0.25, 0.3) is 0 Å². The van der Waals surface area contributed by atoms with Crippen LogP contribution in [-0.2, 0) is 9.59 Å². The summed E-state index contributed by atoms with van der Waals surface area (Å²) in [5.41, 5.74) is 0. The molecular weight excluding hydrogens is 274 g/mol. The molecule has 2 heterocycles. The van der Waals surface area contributed by atoms with E-state index in [0.717, 1.165) is 12.8 Å². The Labute approximate surface area is 124 Å². The number of urea groups is 1. The molecule has 0 aromatic heterocycles. The molecule has 2 aliphatic heterocycles. The van der Waals surface area contributed by atoms with E-state index >= 15 is 0 Å². The van der Waals surface area contributed by atoms with Gasteiger partial charge in [0.2, 0.25) is 5.91 Å². The van der Waals surface area contributed by atoms with Crippen LogP contribution < -0.4 is 5.32 Å². The van der Waals surface area contributed by atoms with E-state index in [-0.39, 0.29) is 30.6 Å². The Kier molecular flexibility index (Phi) is 4.69. The predicted molar refractivity (Wildman–Crippen MR) is 75.7 cm³/mol. The first kappa shape index (κ1) is 15.6. The molecule has 0 radical (unpaired) electrons. The SMILES string of the molecule is CCNC(=O)CN(CC)C(=O)N1C2CCC1C(C(=O)O)C2. The maximum Gasteiger partial charge on any atom is 0.320 e. The van der Waals surface area contributed by atoms with Gasteiger partial charge in [0.15, 0.2) is 0 Å². The molecule has 7 heteroatoms. The van der Waals surface area contributed by atoms with Crippen LogP contribution in [0.15, 0.2) is 0 Å². The van der Waals surface area contributed by atoms with E-state index in [4.69, 9.17) is 0 Å². The van der Waals surface area contributed by atoms with Gasteiger partial charge in [-0.1, -0.05) is 0 Å². The van der Waals surface area contributed by atoms with E-state index in [9.17, 15) is 19.5 Å². The fraction of sp³-hybridized carbons (Fsp3) is 0.786. The summed E-state index contributed by atoms with van der Waals surface area (Å²) >= 11 is 0. The maximum absolute atomic E-state index is 12.6. The number of carboxylic acids is 1. The van der Waals surface area contributed by atoms with Gasteiger partial charge in [0.1, 0.15) is 6.54 Å². The van der Waals surface area contributed by atoms with Gasteiger partial charge >= 0.3 is 12.0 Å². The van der Waals surface area contributed by atoms with Crippen LogP contribution in [0.2, 0.25) is 0 Å². The Balaban J connectivity index is 2.05. The Morgan fingerprint density at radius 3 is 2.52 bits per heavy atom. The zero-order valence-electron chi connectivity index (χ0n) is 12.5. The molecule has 2 bridgehead atoms. The molecule has 0 spiro atoms. The van der Waals surface area contributed by atoms with Crippen molar-refractivity contribution in [3.63, 3.8) is 0 Å². The third-order valence-electron chi connectivity index (χ3n) is 4.44. The van der Waals surface area contributed by atoms with Crippen LogP contribution in [0.5, 0.6) is 0 Å². The zero-order valence-corrected chi connectivity index (χ0v) is 12.5. The normalized spacial score (nSPS) is 26.8. The Morgan fingerprint density at radius 2 is 2.00 bits per heavy atom. The smallest absolute Gasteiger partial charge is 0.320 e. The second-order valence-electron chi connectivity index (χ2n) is 5.64. The maximum atomic E-state index is 12.6. The standard InChI is InChI=1S/C14H23N3O4/c1-3-15-12(18)8-16(4-2)14(21)17-9-5-6-11(17)10(7-9)13(19)20/h9-11H,3-8H2,1-2H3,(H,15,18)(H,19,20). The van der Waals surface area contributed by atoms with Crippen LogP contribution in [0.1, 0.15) is 33.1 Å². The number of amides is 3. The number of likely N-dealkylation sites (N-methyl/N-ethyl adjacent to an activating group) is 2. The number of carbonyl (C=O) groups excluding carboxylic acids is 2. The molecular formula is C14H23N3O4. The second kappa shape index (κ2) is 6.32. The van der Waals surface area contributed by atoms with E-state index < -0.39 is 11.9 Å². The number of hydrogen-bond acceptors (Lipinski definition) is 3. The monoisotopic (exact) mass is 297 g/mol. The molecule has 0 aromatic rings. The summed E-state index contributed by atoms with van der Waals surface area (Å²) in [5, 5.41) is 11.9. The molecule has 2 fully saturated rings. The molecule has 2 N–H and O–H groups in total. The number of fused-ring (bicyclic) bond motifs is 2. The van der Waals surface area contributed by atoms with E-state index in [1.165, 1.54) is 4.90 Å². The molecule has 3 atom stereocenters. The molecule has 21 heavy (non-hydrogen) atoms. The van der Waals surface area contributed by atoms with Gasteiger partial charge in [0.25, 0.3) is 0 Å². The minimum atomic E-state index is -0.827. The van der Waals surface area contributed by atoms with Crippen molar-refractivity contribution in [1.29, 1.82) is 0 Å². The highest BCUT2D eigenvalue weighted by atomic mass is 16.4. The van der Waals surface area contributed by atoms with Crippen LogP contribution in [0.3, 0.4) is 0 Å². The molecule has 2 aliphatic rings. The lowest BCUT2D eigenvalue weighted by Crippen LogP contribution is -2.49. The summed E-state index contributed by atoms with van der Waals surface area (Å²) in [6.07, 6.45) is 2.13. The lowest BCUT2D eigenvalue weighted by Gasteiger charge is -2.30. The quantitative estimate of drug-likeness (QED) is 0.773. The van der Waals surface area contributed by atoms with Crippen LogP contribution >= 0.6 is 0 Å². The van der Waals surface area contributed by atoms with Crippen molar-refractivity contribution in [2.75, 3.05) is 19.6 Å². The molecule has 2 saturated heterocycles. The van der Waals surface area contributed by atoms with Gasteiger partial charge in [0, 0.05) is 25.2 Å². The minimum absolute atomic E-state index is 0.00638. The number of rotatable bonds is 5.